The van der Waals surface area contributed by atoms with Crippen molar-refractivity contribution >= 4 is 17.4 Å². The number of methoxy groups -OCH3 is 1. The average molecular weight is 384 g/mol. The van der Waals surface area contributed by atoms with E-state index in [1.807, 2.05) is 24.3 Å². The van der Waals surface area contributed by atoms with Gasteiger partial charge in [0.05, 0.1) is 13.2 Å². The van der Waals surface area contributed by atoms with Gasteiger partial charge in [-0.25, -0.2) is 4.68 Å². The first-order valence-electron chi connectivity index (χ1n) is 9.22. The van der Waals surface area contributed by atoms with Gasteiger partial charge in [-0.15, -0.1) is 0 Å². The van der Waals surface area contributed by atoms with Gasteiger partial charge >= 0.3 is 0 Å². The average Bonchev–Trinajstić information content (AvgIpc) is 2.73. The van der Waals surface area contributed by atoms with Crippen LogP contribution in [-0.4, -0.2) is 66.3 Å². The molecule has 0 atom stereocenters. The molecule has 1 aromatic heterocycles. The van der Waals surface area contributed by atoms with Crippen LogP contribution in [-0.2, 0) is 11.3 Å². The number of amides is 1. The maximum absolute atomic E-state index is 12.8. The number of carbonyl (C=O) groups excluding carboxylic acids is 2. The van der Waals surface area contributed by atoms with Crippen molar-refractivity contribution in [3.05, 3.63) is 58.0 Å². The summed E-state index contributed by atoms with van der Waals surface area (Å²) >= 11 is 0. The molecule has 1 aromatic carbocycles. The smallest absolute Gasteiger partial charge is 0.274 e. The summed E-state index contributed by atoms with van der Waals surface area (Å²) in [5.41, 5.74) is 1.72. The molecular formula is C20H24N4O4. The molecule has 1 saturated heterocycles. The number of rotatable bonds is 6. The third-order valence-corrected chi connectivity index (χ3v) is 4.80. The fraction of sp³-hybridized carbons (Fsp3) is 0.400. The van der Waals surface area contributed by atoms with E-state index in [0.717, 1.165) is 5.69 Å². The predicted octanol–water partition coefficient (Wildman–Crippen LogP) is 1.05. The van der Waals surface area contributed by atoms with Crippen molar-refractivity contribution in [3.63, 3.8) is 0 Å². The van der Waals surface area contributed by atoms with Gasteiger partial charge in [0.2, 0.25) is 0 Å². The zero-order chi connectivity index (χ0) is 20.1. The van der Waals surface area contributed by atoms with Crippen LogP contribution in [0.15, 0.2) is 41.2 Å². The van der Waals surface area contributed by atoms with Crippen molar-refractivity contribution in [2.75, 3.05) is 44.8 Å². The predicted molar refractivity (Wildman–Crippen MR) is 105 cm³/mol. The summed E-state index contributed by atoms with van der Waals surface area (Å²) in [6, 6.07) is 10.3. The summed E-state index contributed by atoms with van der Waals surface area (Å²) in [5, 5.41) is 4.18. The molecule has 1 amide bonds. The monoisotopic (exact) mass is 384 g/mol. The molecule has 2 heterocycles. The lowest BCUT2D eigenvalue weighted by atomic mass is 10.1. The molecule has 1 aliphatic rings. The minimum absolute atomic E-state index is 0.0429. The van der Waals surface area contributed by atoms with Crippen molar-refractivity contribution in [3.8, 4) is 0 Å². The van der Waals surface area contributed by atoms with Gasteiger partial charge < -0.3 is 14.5 Å². The van der Waals surface area contributed by atoms with Gasteiger partial charge in [-0.05, 0) is 37.3 Å². The van der Waals surface area contributed by atoms with Gasteiger partial charge in [0.1, 0.15) is 5.69 Å². The molecule has 148 valence electrons. The number of carbonyl (C=O) groups is 2. The van der Waals surface area contributed by atoms with Crippen LogP contribution in [0.1, 0.15) is 27.8 Å². The summed E-state index contributed by atoms with van der Waals surface area (Å²) in [6.45, 7) is 4.71. The maximum atomic E-state index is 12.8. The highest BCUT2D eigenvalue weighted by Gasteiger charge is 2.23. The molecule has 0 saturated carbocycles. The second-order valence-electron chi connectivity index (χ2n) is 6.66. The SMILES string of the molecule is COCCn1nc(C(=O)N2CCN(c3ccc(C(C)=O)cc3)CC2)ccc1=O. The van der Waals surface area contributed by atoms with E-state index in [0.29, 0.717) is 44.9 Å². The molecule has 0 radical (unpaired) electrons. The van der Waals surface area contributed by atoms with Crippen molar-refractivity contribution in [2.24, 2.45) is 0 Å². The van der Waals surface area contributed by atoms with E-state index in [2.05, 4.69) is 10.00 Å². The highest BCUT2D eigenvalue weighted by atomic mass is 16.5. The first-order valence-corrected chi connectivity index (χ1v) is 9.22. The third kappa shape index (κ3) is 4.45. The molecule has 1 aliphatic heterocycles. The third-order valence-electron chi connectivity index (χ3n) is 4.80. The normalized spacial score (nSPS) is 14.2. The summed E-state index contributed by atoms with van der Waals surface area (Å²) in [6.07, 6.45) is 0. The first-order chi connectivity index (χ1) is 13.5. The van der Waals surface area contributed by atoms with Crippen molar-refractivity contribution in [2.45, 2.75) is 13.5 Å². The number of nitrogens with zero attached hydrogens (tertiary/aromatic N) is 4. The van der Waals surface area contributed by atoms with E-state index in [-0.39, 0.29) is 22.9 Å². The van der Waals surface area contributed by atoms with Gasteiger partial charge in [0, 0.05) is 50.6 Å². The van der Waals surface area contributed by atoms with E-state index in [4.69, 9.17) is 4.74 Å². The number of ether oxygens (including phenoxy) is 1. The Morgan fingerprint density at radius 3 is 2.32 bits per heavy atom. The largest absolute Gasteiger partial charge is 0.383 e. The number of anilines is 1. The standard InChI is InChI=1S/C20H24N4O4/c1-15(25)16-3-5-17(6-4-16)22-9-11-23(12-10-22)20(27)18-7-8-19(26)24(21-18)13-14-28-2/h3-8H,9-14H2,1-2H3. The van der Waals surface area contributed by atoms with E-state index in [1.165, 1.54) is 16.8 Å². The van der Waals surface area contributed by atoms with E-state index < -0.39 is 0 Å². The van der Waals surface area contributed by atoms with E-state index in [1.54, 1.807) is 18.9 Å². The zero-order valence-electron chi connectivity index (χ0n) is 16.1. The van der Waals surface area contributed by atoms with Crippen LogP contribution in [0.25, 0.3) is 0 Å². The fourth-order valence-electron chi connectivity index (χ4n) is 3.14. The number of hydrogen-bond donors (Lipinski definition) is 0. The molecule has 8 nitrogen and oxygen atoms in total. The molecule has 3 rings (SSSR count). The summed E-state index contributed by atoms with van der Waals surface area (Å²) in [4.78, 5) is 39.9. The molecule has 2 aromatic rings. The molecule has 0 aliphatic carbocycles. The Hall–Kier alpha value is -3.00. The summed E-state index contributed by atoms with van der Waals surface area (Å²) < 4.78 is 6.23. The Morgan fingerprint density at radius 1 is 1.04 bits per heavy atom. The van der Waals surface area contributed by atoms with Crippen LogP contribution in [0.5, 0.6) is 0 Å². The van der Waals surface area contributed by atoms with Crippen molar-refractivity contribution in [1.82, 2.24) is 14.7 Å². The second-order valence-corrected chi connectivity index (χ2v) is 6.66. The number of hydrogen-bond acceptors (Lipinski definition) is 6. The minimum Gasteiger partial charge on any atom is -0.383 e. The summed E-state index contributed by atoms with van der Waals surface area (Å²) in [5.74, 6) is -0.140. The number of ketones is 1. The first kappa shape index (κ1) is 19.8. The molecule has 0 N–H and O–H groups in total. The lowest BCUT2D eigenvalue weighted by Gasteiger charge is -2.36. The molecule has 8 heteroatoms. The number of piperazine rings is 1. The van der Waals surface area contributed by atoms with Crippen molar-refractivity contribution in [1.29, 1.82) is 0 Å². The molecule has 28 heavy (non-hydrogen) atoms. The highest BCUT2D eigenvalue weighted by Crippen LogP contribution is 2.18. The molecule has 1 fully saturated rings. The van der Waals surface area contributed by atoms with Crippen LogP contribution in [0.4, 0.5) is 5.69 Å². The molecule has 0 bridgehead atoms. The minimum atomic E-state index is -0.257. The zero-order valence-corrected chi connectivity index (χ0v) is 16.1. The van der Waals surface area contributed by atoms with Gasteiger partial charge in [-0.2, -0.15) is 5.10 Å². The quantitative estimate of drug-likeness (QED) is 0.693. The number of Topliss-reactive ketones (excluding diaryl/α,β-unsaturated/α-hetero) is 1. The Balaban J connectivity index is 1.63. The van der Waals surface area contributed by atoms with Crippen molar-refractivity contribution < 1.29 is 14.3 Å². The van der Waals surface area contributed by atoms with Gasteiger partial charge in [-0.1, -0.05) is 0 Å². The van der Waals surface area contributed by atoms with Crippen LogP contribution in [0.2, 0.25) is 0 Å². The highest BCUT2D eigenvalue weighted by molar-refractivity contribution is 5.94. The fourth-order valence-corrected chi connectivity index (χ4v) is 3.14. The molecular weight excluding hydrogens is 360 g/mol. The Labute approximate surface area is 163 Å². The van der Waals surface area contributed by atoms with Gasteiger partial charge in [-0.3, -0.25) is 14.4 Å². The number of aromatic nitrogens is 2. The lowest BCUT2D eigenvalue weighted by molar-refractivity contribution is 0.0736. The van der Waals surface area contributed by atoms with Crippen LogP contribution in [0.3, 0.4) is 0 Å². The van der Waals surface area contributed by atoms with Crippen LogP contribution >= 0.6 is 0 Å². The maximum Gasteiger partial charge on any atom is 0.274 e. The van der Waals surface area contributed by atoms with Gasteiger partial charge in [0.15, 0.2) is 5.78 Å². The lowest BCUT2D eigenvalue weighted by Crippen LogP contribution is -2.49. The number of benzene rings is 1. The Kier molecular flexibility index (Phi) is 6.20. The molecule has 0 unspecified atom stereocenters. The van der Waals surface area contributed by atoms with Gasteiger partial charge in [0.25, 0.3) is 11.5 Å². The van der Waals surface area contributed by atoms with E-state index in [9.17, 15) is 14.4 Å². The molecule has 0 spiro atoms. The topological polar surface area (TPSA) is 84.7 Å². The van der Waals surface area contributed by atoms with E-state index >= 15 is 0 Å². The second kappa shape index (κ2) is 8.79. The van der Waals surface area contributed by atoms with Crippen LogP contribution < -0.4 is 10.5 Å². The Bertz CT molecular complexity index is 899. The Morgan fingerprint density at radius 2 is 1.71 bits per heavy atom. The summed E-state index contributed by atoms with van der Waals surface area (Å²) in [7, 11) is 1.55. The van der Waals surface area contributed by atoms with Crippen LogP contribution in [0, 0.1) is 0 Å².